The summed E-state index contributed by atoms with van der Waals surface area (Å²) < 4.78 is 10.2. The first-order chi connectivity index (χ1) is 12.8. The predicted octanol–water partition coefficient (Wildman–Crippen LogP) is 2.23. The van der Waals surface area contributed by atoms with Crippen LogP contribution in [0.3, 0.4) is 0 Å². The lowest BCUT2D eigenvalue weighted by Gasteiger charge is -2.18. The van der Waals surface area contributed by atoms with Crippen LogP contribution in [0.15, 0.2) is 47.1 Å². The molecule has 1 heterocycles. The van der Waals surface area contributed by atoms with E-state index in [1.54, 1.807) is 43.4 Å². The molecule has 0 saturated carbocycles. The van der Waals surface area contributed by atoms with Gasteiger partial charge in [0, 0.05) is 12.1 Å². The van der Waals surface area contributed by atoms with E-state index in [1.165, 1.54) is 11.2 Å². The number of carbonyl (C=O) groups is 3. The van der Waals surface area contributed by atoms with E-state index in [2.05, 4.69) is 5.32 Å². The van der Waals surface area contributed by atoms with Gasteiger partial charge < -0.3 is 25.1 Å². The van der Waals surface area contributed by atoms with Crippen LogP contribution in [0.2, 0.25) is 5.02 Å². The van der Waals surface area contributed by atoms with Gasteiger partial charge in [-0.25, -0.2) is 4.79 Å². The van der Waals surface area contributed by atoms with Gasteiger partial charge in [-0.2, -0.15) is 0 Å². The van der Waals surface area contributed by atoms with E-state index >= 15 is 0 Å². The Kier molecular flexibility index (Phi) is 7.25. The van der Waals surface area contributed by atoms with E-state index in [9.17, 15) is 14.4 Å². The van der Waals surface area contributed by atoms with Crippen LogP contribution in [-0.4, -0.2) is 36.5 Å². The third-order valence-electron chi connectivity index (χ3n) is 3.72. The molecule has 3 amide bonds. The van der Waals surface area contributed by atoms with Crippen molar-refractivity contribution in [3.05, 3.63) is 59.0 Å². The first-order valence-electron chi connectivity index (χ1n) is 8.08. The number of halogens is 1. The van der Waals surface area contributed by atoms with Crippen molar-refractivity contribution >= 4 is 29.5 Å². The molecular weight excluding hydrogens is 374 g/mol. The molecule has 0 fully saturated rings. The summed E-state index contributed by atoms with van der Waals surface area (Å²) in [6.07, 6.45) is 1.33. The Hall–Kier alpha value is -3.00. The summed E-state index contributed by atoms with van der Waals surface area (Å²) in [6, 6.07) is 8.57. The molecule has 8 nitrogen and oxygen atoms in total. The normalized spacial score (nSPS) is 11.5. The van der Waals surface area contributed by atoms with Crippen LogP contribution in [-0.2, 0) is 20.9 Å². The first kappa shape index (κ1) is 20.3. The lowest BCUT2D eigenvalue weighted by Crippen LogP contribution is -2.35. The summed E-state index contributed by atoms with van der Waals surface area (Å²) in [4.78, 5) is 36.7. The molecule has 1 unspecified atom stereocenters. The van der Waals surface area contributed by atoms with Gasteiger partial charge in [0.05, 0.1) is 25.3 Å². The number of nitrogens with one attached hydrogen (secondary N) is 1. The van der Waals surface area contributed by atoms with Crippen LogP contribution in [0.25, 0.3) is 0 Å². The number of likely N-dealkylation sites (N-methyl/N-ethyl adjacent to an activating group) is 1. The van der Waals surface area contributed by atoms with Crippen LogP contribution >= 0.6 is 11.6 Å². The highest BCUT2D eigenvalue weighted by atomic mass is 35.5. The summed E-state index contributed by atoms with van der Waals surface area (Å²) >= 11 is 5.84. The number of amides is 3. The molecule has 1 aromatic heterocycles. The highest BCUT2D eigenvalue weighted by Gasteiger charge is 2.20. The molecule has 2 aromatic rings. The van der Waals surface area contributed by atoms with Gasteiger partial charge in [0.15, 0.2) is 6.61 Å². The van der Waals surface area contributed by atoms with Crippen molar-refractivity contribution in [2.75, 3.05) is 13.7 Å². The molecule has 27 heavy (non-hydrogen) atoms. The number of benzene rings is 1. The predicted molar refractivity (Wildman–Crippen MR) is 97.7 cm³/mol. The Balaban J connectivity index is 1.88. The number of ether oxygens (including phenoxy) is 1. The SMILES string of the molecule is CN(Cc1ccco1)C(=O)COC(=O)CC(NC(N)=O)c1ccc(Cl)cc1. The quantitative estimate of drug-likeness (QED) is 0.667. The van der Waals surface area contributed by atoms with Crippen molar-refractivity contribution < 1.29 is 23.5 Å². The highest BCUT2D eigenvalue weighted by molar-refractivity contribution is 6.30. The van der Waals surface area contributed by atoms with Gasteiger partial charge in [0.1, 0.15) is 5.76 Å². The fraction of sp³-hybridized carbons (Fsp3) is 0.278. The zero-order chi connectivity index (χ0) is 19.8. The summed E-state index contributed by atoms with van der Waals surface area (Å²) in [5, 5.41) is 2.99. The lowest BCUT2D eigenvalue weighted by molar-refractivity contribution is -0.152. The minimum atomic E-state index is -0.781. The smallest absolute Gasteiger partial charge is 0.312 e. The monoisotopic (exact) mass is 393 g/mol. The van der Waals surface area contributed by atoms with E-state index in [0.29, 0.717) is 16.3 Å². The Labute approximate surface area is 161 Å². The van der Waals surface area contributed by atoms with Crippen molar-refractivity contribution in [2.45, 2.75) is 19.0 Å². The zero-order valence-electron chi connectivity index (χ0n) is 14.7. The molecule has 0 radical (unpaired) electrons. The van der Waals surface area contributed by atoms with Crippen molar-refractivity contribution in [1.29, 1.82) is 0 Å². The lowest BCUT2D eigenvalue weighted by atomic mass is 10.0. The zero-order valence-corrected chi connectivity index (χ0v) is 15.4. The number of urea groups is 1. The van der Waals surface area contributed by atoms with E-state index in [4.69, 9.17) is 26.5 Å². The second-order valence-electron chi connectivity index (χ2n) is 5.81. The molecule has 1 atom stereocenters. The van der Waals surface area contributed by atoms with Crippen LogP contribution in [0.5, 0.6) is 0 Å². The maximum Gasteiger partial charge on any atom is 0.312 e. The van der Waals surface area contributed by atoms with Gasteiger partial charge in [-0.3, -0.25) is 9.59 Å². The average molecular weight is 394 g/mol. The maximum absolute atomic E-state index is 12.1. The van der Waals surface area contributed by atoms with Gasteiger partial charge in [0.25, 0.3) is 5.91 Å². The molecule has 0 spiro atoms. The molecule has 0 aliphatic heterocycles. The molecule has 9 heteroatoms. The average Bonchev–Trinajstić information content (AvgIpc) is 3.12. The topological polar surface area (TPSA) is 115 Å². The van der Waals surface area contributed by atoms with E-state index in [0.717, 1.165) is 0 Å². The molecule has 0 saturated heterocycles. The molecule has 2 rings (SSSR count). The fourth-order valence-corrected chi connectivity index (χ4v) is 2.45. The Morgan fingerprint density at radius 1 is 1.26 bits per heavy atom. The number of rotatable bonds is 8. The summed E-state index contributed by atoms with van der Waals surface area (Å²) in [6.45, 7) is -0.153. The number of hydrogen-bond donors (Lipinski definition) is 2. The number of primary amides is 1. The molecule has 0 bridgehead atoms. The van der Waals surface area contributed by atoms with Gasteiger partial charge >= 0.3 is 12.0 Å². The third-order valence-corrected chi connectivity index (χ3v) is 3.97. The molecule has 3 N–H and O–H groups in total. The molecule has 0 aliphatic rings. The molecule has 0 aliphatic carbocycles. The number of furan rings is 1. The molecule has 144 valence electrons. The Morgan fingerprint density at radius 2 is 1.96 bits per heavy atom. The van der Waals surface area contributed by atoms with Crippen LogP contribution in [0.1, 0.15) is 23.8 Å². The van der Waals surface area contributed by atoms with Gasteiger partial charge in [-0.1, -0.05) is 23.7 Å². The molecule has 1 aromatic carbocycles. The van der Waals surface area contributed by atoms with E-state index in [1.807, 2.05) is 0 Å². The Bertz CT molecular complexity index is 777. The number of nitrogens with two attached hydrogens (primary N) is 1. The number of esters is 1. The van der Waals surface area contributed by atoms with Gasteiger partial charge in [-0.05, 0) is 29.8 Å². The van der Waals surface area contributed by atoms with E-state index in [-0.39, 0.29) is 18.9 Å². The first-order valence-corrected chi connectivity index (χ1v) is 8.46. The van der Waals surface area contributed by atoms with Crippen LogP contribution in [0, 0.1) is 0 Å². The summed E-state index contributed by atoms with van der Waals surface area (Å²) in [5.74, 6) is -0.417. The minimum absolute atomic E-state index is 0.181. The van der Waals surface area contributed by atoms with E-state index < -0.39 is 24.6 Å². The Morgan fingerprint density at radius 3 is 2.56 bits per heavy atom. The second-order valence-corrected chi connectivity index (χ2v) is 6.24. The highest BCUT2D eigenvalue weighted by Crippen LogP contribution is 2.20. The van der Waals surface area contributed by atoms with Gasteiger partial charge in [0.2, 0.25) is 0 Å². The number of nitrogens with zero attached hydrogens (tertiary/aromatic N) is 1. The molecular formula is C18H20ClN3O5. The standard InChI is InChI=1S/C18H20ClN3O5/c1-22(10-14-3-2-8-26-14)16(23)11-27-17(24)9-15(21-18(20)25)12-4-6-13(19)7-5-12/h2-8,15H,9-11H2,1H3,(H3,20,21,25). The second kappa shape index (κ2) is 9.63. The minimum Gasteiger partial charge on any atom is -0.467 e. The van der Waals surface area contributed by atoms with Crippen LogP contribution in [0.4, 0.5) is 4.79 Å². The largest absolute Gasteiger partial charge is 0.467 e. The van der Waals surface area contributed by atoms with Crippen molar-refractivity contribution in [2.24, 2.45) is 5.73 Å². The number of hydrogen-bond acceptors (Lipinski definition) is 5. The van der Waals surface area contributed by atoms with Crippen molar-refractivity contribution in [3.8, 4) is 0 Å². The third kappa shape index (κ3) is 6.67. The van der Waals surface area contributed by atoms with Crippen molar-refractivity contribution in [1.82, 2.24) is 10.2 Å². The fourth-order valence-electron chi connectivity index (χ4n) is 2.32. The van der Waals surface area contributed by atoms with Gasteiger partial charge in [-0.15, -0.1) is 0 Å². The maximum atomic E-state index is 12.1. The summed E-state index contributed by atoms with van der Waals surface area (Å²) in [5.41, 5.74) is 5.80. The van der Waals surface area contributed by atoms with Crippen molar-refractivity contribution in [3.63, 3.8) is 0 Å². The number of carbonyl (C=O) groups excluding carboxylic acids is 3. The summed E-state index contributed by atoms with van der Waals surface area (Å²) in [7, 11) is 1.57. The van der Waals surface area contributed by atoms with Crippen LogP contribution < -0.4 is 11.1 Å².